The molecule has 5 nitrogen and oxygen atoms in total. The van der Waals surface area contributed by atoms with Crippen molar-refractivity contribution in [1.29, 1.82) is 0 Å². The summed E-state index contributed by atoms with van der Waals surface area (Å²) >= 11 is 11.8. The number of hydrogen-bond donors (Lipinski definition) is 1. The zero-order valence-electron chi connectivity index (χ0n) is 13.0. The predicted octanol–water partition coefficient (Wildman–Crippen LogP) is 3.79. The summed E-state index contributed by atoms with van der Waals surface area (Å²) in [5.41, 5.74) is 0.893. The molecule has 132 valence electrons. The van der Waals surface area contributed by atoms with Crippen molar-refractivity contribution in [2.45, 2.75) is 30.4 Å². The van der Waals surface area contributed by atoms with Crippen molar-refractivity contribution in [2.75, 3.05) is 0 Å². The monoisotopic (exact) mass is 399 g/mol. The van der Waals surface area contributed by atoms with Crippen LogP contribution in [0.2, 0.25) is 10.0 Å². The third-order valence-electron chi connectivity index (χ3n) is 3.64. The topological polar surface area (TPSA) is 72.5 Å². The molecule has 8 heteroatoms. The predicted molar refractivity (Wildman–Crippen MR) is 95.4 cm³/mol. The summed E-state index contributed by atoms with van der Waals surface area (Å²) < 4.78 is 32.4. The van der Waals surface area contributed by atoms with Crippen molar-refractivity contribution in [2.24, 2.45) is 0 Å². The van der Waals surface area contributed by atoms with Crippen molar-refractivity contribution in [3.63, 3.8) is 0 Å². The van der Waals surface area contributed by atoms with Gasteiger partial charge in [-0.15, -0.1) is 0 Å². The fraction of sp³-hybridized carbons (Fsp3) is 0.235. The standard InChI is InChI=1S/C17H15Cl2NO4S/c18-13-4-1-11(2-5-13)10-24-17(21)12-3-8-15(19)16(9-12)25(22,23)20-14-6-7-14/h1-5,8-9,14,20H,6-7,10H2. The molecule has 3 rings (SSSR count). The van der Waals surface area contributed by atoms with Crippen LogP contribution >= 0.6 is 23.2 Å². The third kappa shape index (κ3) is 4.73. The molecule has 1 saturated carbocycles. The molecule has 0 saturated heterocycles. The number of carbonyl (C=O) groups is 1. The van der Waals surface area contributed by atoms with Crippen LogP contribution in [0.5, 0.6) is 0 Å². The summed E-state index contributed by atoms with van der Waals surface area (Å²) in [6.07, 6.45) is 1.61. The number of benzene rings is 2. The molecule has 0 atom stereocenters. The highest BCUT2D eigenvalue weighted by Crippen LogP contribution is 2.27. The molecule has 0 radical (unpaired) electrons. The smallest absolute Gasteiger partial charge is 0.338 e. The minimum atomic E-state index is -3.76. The minimum Gasteiger partial charge on any atom is -0.457 e. The van der Waals surface area contributed by atoms with Crippen molar-refractivity contribution in [3.05, 3.63) is 63.6 Å². The van der Waals surface area contributed by atoms with E-state index in [9.17, 15) is 13.2 Å². The fourth-order valence-electron chi connectivity index (χ4n) is 2.13. The summed E-state index contributed by atoms with van der Waals surface area (Å²) in [6, 6.07) is 10.9. The van der Waals surface area contributed by atoms with Crippen LogP contribution in [0.3, 0.4) is 0 Å². The number of esters is 1. The van der Waals surface area contributed by atoms with Crippen LogP contribution in [0.4, 0.5) is 0 Å². The van der Waals surface area contributed by atoms with E-state index in [0.717, 1.165) is 18.4 Å². The Labute approximate surface area is 155 Å². The summed E-state index contributed by atoms with van der Waals surface area (Å²) in [7, 11) is -3.76. The van der Waals surface area contributed by atoms with Gasteiger partial charge in [0.2, 0.25) is 10.0 Å². The Hall–Kier alpha value is -1.60. The molecule has 0 aromatic heterocycles. The minimum absolute atomic E-state index is 0.0541. The molecule has 2 aromatic rings. The zero-order valence-corrected chi connectivity index (χ0v) is 15.4. The molecule has 0 heterocycles. The van der Waals surface area contributed by atoms with Crippen LogP contribution in [-0.4, -0.2) is 20.4 Å². The molecule has 0 bridgehead atoms. The molecule has 1 aliphatic carbocycles. The molecular formula is C17H15Cl2NO4S. The van der Waals surface area contributed by atoms with Gasteiger partial charge in [0.1, 0.15) is 11.5 Å². The van der Waals surface area contributed by atoms with Crippen LogP contribution in [-0.2, 0) is 21.4 Å². The molecule has 0 aliphatic heterocycles. The van der Waals surface area contributed by atoms with E-state index in [1.807, 2.05) is 0 Å². The Morgan fingerprint density at radius 3 is 2.44 bits per heavy atom. The first-order valence-corrected chi connectivity index (χ1v) is 9.82. The lowest BCUT2D eigenvalue weighted by atomic mass is 10.2. The molecule has 0 spiro atoms. The van der Waals surface area contributed by atoms with Crippen LogP contribution < -0.4 is 4.72 Å². The lowest BCUT2D eigenvalue weighted by Gasteiger charge is -2.10. The Balaban J connectivity index is 1.74. The Kier molecular flexibility index (Phi) is 5.34. The second-order valence-electron chi connectivity index (χ2n) is 5.74. The van der Waals surface area contributed by atoms with Gasteiger partial charge in [0.15, 0.2) is 0 Å². The third-order valence-corrected chi connectivity index (χ3v) is 5.89. The summed E-state index contributed by atoms with van der Waals surface area (Å²) in [5, 5.41) is 0.646. The lowest BCUT2D eigenvalue weighted by Crippen LogP contribution is -2.26. The van der Waals surface area contributed by atoms with Crippen molar-refractivity contribution in [3.8, 4) is 0 Å². The first-order valence-electron chi connectivity index (χ1n) is 7.58. The van der Waals surface area contributed by atoms with Crippen LogP contribution in [0.15, 0.2) is 47.4 Å². The van der Waals surface area contributed by atoms with Gasteiger partial charge in [-0.2, -0.15) is 0 Å². The van der Waals surface area contributed by atoms with Gasteiger partial charge >= 0.3 is 5.97 Å². The number of rotatable bonds is 6. The number of hydrogen-bond acceptors (Lipinski definition) is 4. The van der Waals surface area contributed by atoms with Crippen LogP contribution in [0.25, 0.3) is 0 Å². The summed E-state index contributed by atoms with van der Waals surface area (Å²) in [5.74, 6) is -0.630. The largest absolute Gasteiger partial charge is 0.457 e. The second kappa shape index (κ2) is 7.33. The fourth-order valence-corrected chi connectivity index (χ4v) is 4.09. The van der Waals surface area contributed by atoms with E-state index in [2.05, 4.69) is 4.72 Å². The van der Waals surface area contributed by atoms with Gasteiger partial charge < -0.3 is 4.74 Å². The lowest BCUT2D eigenvalue weighted by molar-refractivity contribution is 0.0472. The zero-order chi connectivity index (χ0) is 18.0. The van der Waals surface area contributed by atoms with Gasteiger partial charge in [-0.1, -0.05) is 35.3 Å². The highest BCUT2D eigenvalue weighted by molar-refractivity contribution is 7.89. The molecule has 0 amide bonds. The Morgan fingerprint density at radius 1 is 1.12 bits per heavy atom. The van der Waals surface area contributed by atoms with Gasteiger partial charge in [0.25, 0.3) is 0 Å². The molecule has 2 aromatic carbocycles. The summed E-state index contributed by atoms with van der Waals surface area (Å²) in [6.45, 7) is 0.0566. The molecule has 1 fully saturated rings. The van der Waals surface area contributed by atoms with E-state index in [4.69, 9.17) is 27.9 Å². The number of nitrogens with one attached hydrogen (secondary N) is 1. The maximum atomic E-state index is 12.3. The van der Waals surface area contributed by atoms with Gasteiger partial charge in [0.05, 0.1) is 10.6 Å². The van der Waals surface area contributed by atoms with E-state index in [0.29, 0.717) is 5.02 Å². The molecule has 0 unspecified atom stereocenters. The van der Waals surface area contributed by atoms with E-state index in [1.165, 1.54) is 18.2 Å². The molecular weight excluding hydrogens is 385 g/mol. The first-order chi connectivity index (χ1) is 11.8. The summed E-state index contributed by atoms with van der Waals surface area (Å²) in [4.78, 5) is 12.1. The molecule has 25 heavy (non-hydrogen) atoms. The normalized spacial score (nSPS) is 14.3. The first kappa shape index (κ1) is 18.2. The van der Waals surface area contributed by atoms with Gasteiger partial charge in [0, 0.05) is 11.1 Å². The highest BCUT2D eigenvalue weighted by atomic mass is 35.5. The maximum Gasteiger partial charge on any atom is 0.338 e. The number of carbonyl (C=O) groups excluding carboxylic acids is 1. The second-order valence-corrected chi connectivity index (χ2v) is 8.27. The van der Waals surface area contributed by atoms with Gasteiger partial charge in [-0.25, -0.2) is 17.9 Å². The van der Waals surface area contributed by atoms with Gasteiger partial charge in [-0.05, 0) is 48.7 Å². The van der Waals surface area contributed by atoms with Crippen LogP contribution in [0.1, 0.15) is 28.8 Å². The van der Waals surface area contributed by atoms with E-state index in [1.54, 1.807) is 24.3 Å². The van der Waals surface area contributed by atoms with Crippen molar-refractivity contribution < 1.29 is 17.9 Å². The van der Waals surface area contributed by atoms with Crippen molar-refractivity contribution in [1.82, 2.24) is 4.72 Å². The number of sulfonamides is 1. The van der Waals surface area contributed by atoms with Crippen molar-refractivity contribution >= 4 is 39.2 Å². The quantitative estimate of drug-likeness (QED) is 0.749. The Bertz CT molecular complexity index is 893. The number of halogens is 2. The average Bonchev–Trinajstić information content (AvgIpc) is 3.37. The SMILES string of the molecule is O=C(OCc1ccc(Cl)cc1)c1ccc(Cl)c(S(=O)(=O)NC2CC2)c1. The molecule has 1 aliphatic rings. The average molecular weight is 400 g/mol. The van der Waals surface area contributed by atoms with E-state index < -0.39 is 16.0 Å². The van der Waals surface area contributed by atoms with Gasteiger partial charge in [-0.3, -0.25) is 0 Å². The number of ether oxygens (including phenoxy) is 1. The molecule has 1 N–H and O–H groups in total. The van der Waals surface area contributed by atoms with E-state index in [-0.39, 0.29) is 28.1 Å². The Morgan fingerprint density at radius 2 is 1.80 bits per heavy atom. The van der Waals surface area contributed by atoms with E-state index >= 15 is 0 Å². The highest BCUT2D eigenvalue weighted by Gasteiger charge is 2.29. The maximum absolute atomic E-state index is 12.3. The van der Waals surface area contributed by atoms with Crippen LogP contribution in [0, 0.1) is 0 Å².